The molecule has 3 rings (SSSR count). The molecule has 6 nitrogen and oxygen atoms in total. The van der Waals surface area contributed by atoms with Gasteiger partial charge in [-0.3, -0.25) is 10.1 Å². The van der Waals surface area contributed by atoms with Gasteiger partial charge in [0, 0.05) is 25.2 Å². The van der Waals surface area contributed by atoms with E-state index in [1.54, 1.807) is 6.92 Å². The van der Waals surface area contributed by atoms with Crippen LogP contribution in [0.5, 0.6) is 0 Å². The molecular formula is C15H22N4O2. The molecular weight excluding hydrogens is 268 g/mol. The Bertz CT molecular complexity index is 528. The minimum absolute atomic E-state index is 0.103. The van der Waals surface area contributed by atoms with E-state index in [0.29, 0.717) is 11.5 Å². The van der Waals surface area contributed by atoms with Gasteiger partial charge in [-0.25, -0.2) is 4.98 Å². The molecule has 0 spiro atoms. The third-order valence-electron chi connectivity index (χ3n) is 4.59. The van der Waals surface area contributed by atoms with Gasteiger partial charge in [0.15, 0.2) is 0 Å². The summed E-state index contributed by atoms with van der Waals surface area (Å²) in [6.45, 7) is 7.46. The summed E-state index contributed by atoms with van der Waals surface area (Å²) in [5.41, 5.74) is 0.791. The van der Waals surface area contributed by atoms with Crippen LogP contribution in [0.15, 0.2) is 12.3 Å². The molecule has 0 amide bonds. The van der Waals surface area contributed by atoms with Crippen molar-refractivity contribution in [2.45, 2.75) is 26.2 Å². The molecule has 0 aromatic carbocycles. The Morgan fingerprint density at radius 1 is 1.38 bits per heavy atom. The molecule has 0 radical (unpaired) electrons. The minimum atomic E-state index is -0.369. The zero-order chi connectivity index (χ0) is 14.8. The van der Waals surface area contributed by atoms with E-state index in [0.717, 1.165) is 18.9 Å². The fourth-order valence-corrected chi connectivity index (χ4v) is 3.42. The Kier molecular flexibility index (Phi) is 4.05. The van der Waals surface area contributed by atoms with E-state index >= 15 is 0 Å². The number of hydrogen-bond donors (Lipinski definition) is 0. The van der Waals surface area contributed by atoms with Crippen molar-refractivity contribution in [3.05, 3.63) is 27.9 Å². The highest BCUT2D eigenvalue weighted by Crippen LogP contribution is 2.27. The summed E-state index contributed by atoms with van der Waals surface area (Å²) in [5, 5.41) is 10.8. The summed E-state index contributed by atoms with van der Waals surface area (Å²) < 4.78 is 0. The molecule has 0 aliphatic carbocycles. The van der Waals surface area contributed by atoms with Crippen LogP contribution in [0.1, 0.15) is 24.8 Å². The lowest BCUT2D eigenvalue weighted by Gasteiger charge is -2.21. The van der Waals surface area contributed by atoms with E-state index in [9.17, 15) is 10.1 Å². The first-order valence-electron chi connectivity index (χ1n) is 7.72. The third kappa shape index (κ3) is 3.15. The van der Waals surface area contributed by atoms with Crippen molar-refractivity contribution >= 4 is 11.5 Å². The lowest BCUT2D eigenvalue weighted by atomic mass is 10.1. The SMILES string of the molecule is Cc1cc(N2CCC(CN3CCCC3)C2)ncc1[N+](=O)[O-]. The normalized spacial score (nSPS) is 22.9. The van der Waals surface area contributed by atoms with Crippen molar-refractivity contribution in [1.29, 1.82) is 0 Å². The monoisotopic (exact) mass is 290 g/mol. The van der Waals surface area contributed by atoms with Crippen LogP contribution in [0.4, 0.5) is 11.5 Å². The zero-order valence-corrected chi connectivity index (χ0v) is 12.5. The fourth-order valence-electron chi connectivity index (χ4n) is 3.42. The van der Waals surface area contributed by atoms with Crippen molar-refractivity contribution in [2.75, 3.05) is 37.6 Å². The summed E-state index contributed by atoms with van der Waals surface area (Å²) in [4.78, 5) is 19.6. The van der Waals surface area contributed by atoms with Gasteiger partial charge in [-0.1, -0.05) is 0 Å². The maximum Gasteiger partial charge on any atom is 0.290 e. The molecule has 1 aromatic heterocycles. The van der Waals surface area contributed by atoms with Crippen LogP contribution in [0.25, 0.3) is 0 Å². The van der Waals surface area contributed by atoms with Crippen molar-refractivity contribution in [3.63, 3.8) is 0 Å². The fraction of sp³-hybridized carbons (Fsp3) is 0.667. The van der Waals surface area contributed by atoms with Crippen LogP contribution in [0.3, 0.4) is 0 Å². The molecule has 2 fully saturated rings. The molecule has 1 aromatic rings. The minimum Gasteiger partial charge on any atom is -0.356 e. The maximum absolute atomic E-state index is 10.8. The highest BCUT2D eigenvalue weighted by Gasteiger charge is 2.27. The van der Waals surface area contributed by atoms with Crippen LogP contribution < -0.4 is 4.90 Å². The number of rotatable bonds is 4. The lowest BCUT2D eigenvalue weighted by Crippen LogP contribution is -2.29. The Hall–Kier alpha value is -1.69. The second-order valence-corrected chi connectivity index (χ2v) is 6.19. The van der Waals surface area contributed by atoms with Crippen molar-refractivity contribution in [1.82, 2.24) is 9.88 Å². The summed E-state index contributed by atoms with van der Waals surface area (Å²) in [6.07, 6.45) is 5.24. The molecule has 0 bridgehead atoms. The predicted molar refractivity (Wildman–Crippen MR) is 81.6 cm³/mol. The standard InChI is InChI=1S/C15H22N4O2/c1-12-8-15(16-9-14(12)19(20)21)18-7-4-13(11-18)10-17-5-2-3-6-17/h8-9,13H,2-7,10-11H2,1H3. The Labute approximate surface area is 124 Å². The summed E-state index contributed by atoms with van der Waals surface area (Å²) >= 11 is 0. The van der Waals surface area contributed by atoms with Gasteiger partial charge in [0.1, 0.15) is 12.0 Å². The number of aromatic nitrogens is 1. The molecule has 114 valence electrons. The molecule has 2 saturated heterocycles. The number of hydrogen-bond acceptors (Lipinski definition) is 5. The Morgan fingerprint density at radius 3 is 2.81 bits per heavy atom. The number of anilines is 1. The molecule has 2 aliphatic heterocycles. The second kappa shape index (κ2) is 5.97. The van der Waals surface area contributed by atoms with Crippen LogP contribution >= 0.6 is 0 Å². The van der Waals surface area contributed by atoms with Gasteiger partial charge in [0.25, 0.3) is 5.69 Å². The van der Waals surface area contributed by atoms with Crippen LogP contribution in [-0.2, 0) is 0 Å². The average Bonchev–Trinajstić information content (AvgIpc) is 3.10. The second-order valence-electron chi connectivity index (χ2n) is 6.19. The van der Waals surface area contributed by atoms with Gasteiger partial charge in [0.05, 0.1) is 4.92 Å². The van der Waals surface area contributed by atoms with Crippen molar-refractivity contribution < 1.29 is 4.92 Å². The largest absolute Gasteiger partial charge is 0.356 e. The van der Waals surface area contributed by atoms with Crippen molar-refractivity contribution in [3.8, 4) is 0 Å². The average molecular weight is 290 g/mol. The van der Waals surface area contributed by atoms with Crippen LogP contribution in [0, 0.1) is 23.0 Å². The van der Waals surface area contributed by atoms with Gasteiger partial charge in [-0.15, -0.1) is 0 Å². The highest BCUT2D eigenvalue weighted by atomic mass is 16.6. The number of nitrogens with zero attached hydrogens (tertiary/aromatic N) is 4. The first-order chi connectivity index (χ1) is 10.1. The van der Waals surface area contributed by atoms with Gasteiger partial charge in [0.2, 0.25) is 0 Å². The smallest absolute Gasteiger partial charge is 0.290 e. The number of pyridine rings is 1. The van der Waals surface area contributed by atoms with Gasteiger partial charge in [-0.05, 0) is 51.3 Å². The first-order valence-corrected chi connectivity index (χ1v) is 7.72. The quantitative estimate of drug-likeness (QED) is 0.628. The van der Waals surface area contributed by atoms with E-state index in [1.165, 1.54) is 45.1 Å². The summed E-state index contributed by atoms with van der Waals surface area (Å²) in [6, 6.07) is 1.84. The molecule has 1 atom stereocenters. The number of aryl methyl sites for hydroxylation is 1. The molecule has 6 heteroatoms. The van der Waals surface area contributed by atoms with E-state index in [-0.39, 0.29) is 10.6 Å². The van der Waals surface area contributed by atoms with E-state index in [2.05, 4.69) is 14.8 Å². The molecule has 0 N–H and O–H groups in total. The molecule has 2 aliphatic rings. The molecule has 3 heterocycles. The number of likely N-dealkylation sites (tertiary alicyclic amines) is 1. The maximum atomic E-state index is 10.8. The lowest BCUT2D eigenvalue weighted by molar-refractivity contribution is -0.385. The summed E-state index contributed by atoms with van der Waals surface area (Å²) in [7, 11) is 0. The van der Waals surface area contributed by atoms with Crippen LogP contribution in [-0.4, -0.2) is 47.5 Å². The molecule has 0 saturated carbocycles. The highest BCUT2D eigenvalue weighted by molar-refractivity contribution is 5.49. The number of nitro groups is 1. The van der Waals surface area contributed by atoms with Crippen LogP contribution in [0.2, 0.25) is 0 Å². The van der Waals surface area contributed by atoms with Gasteiger partial charge >= 0.3 is 0 Å². The van der Waals surface area contributed by atoms with E-state index in [4.69, 9.17) is 0 Å². The summed E-state index contributed by atoms with van der Waals surface area (Å²) in [5.74, 6) is 1.57. The van der Waals surface area contributed by atoms with Crippen molar-refractivity contribution in [2.24, 2.45) is 5.92 Å². The topological polar surface area (TPSA) is 62.5 Å². The van der Waals surface area contributed by atoms with E-state index in [1.807, 2.05) is 6.07 Å². The Morgan fingerprint density at radius 2 is 2.14 bits per heavy atom. The Balaban J connectivity index is 1.62. The zero-order valence-electron chi connectivity index (χ0n) is 12.5. The molecule has 1 unspecified atom stereocenters. The first kappa shape index (κ1) is 14.3. The third-order valence-corrected chi connectivity index (χ3v) is 4.59. The van der Waals surface area contributed by atoms with Gasteiger partial charge in [-0.2, -0.15) is 0 Å². The predicted octanol–water partition coefficient (Wildman–Crippen LogP) is 2.22. The van der Waals surface area contributed by atoms with Gasteiger partial charge < -0.3 is 9.80 Å². The molecule has 21 heavy (non-hydrogen) atoms. The van der Waals surface area contributed by atoms with E-state index < -0.39 is 0 Å².